The lowest BCUT2D eigenvalue weighted by Crippen LogP contribution is -2.46. The molecule has 0 spiro atoms. The van der Waals surface area contributed by atoms with E-state index in [0.717, 1.165) is 36.1 Å². The summed E-state index contributed by atoms with van der Waals surface area (Å²) in [7, 11) is 0. The van der Waals surface area contributed by atoms with E-state index in [4.69, 9.17) is 11.6 Å². The number of rotatable bonds is 7. The maximum Gasteiger partial charge on any atom is 0.248 e. The summed E-state index contributed by atoms with van der Waals surface area (Å²) in [5, 5.41) is 5.70. The number of carbonyl (C=O) groups excluding carboxylic acids is 2. The molecule has 1 aliphatic carbocycles. The molecule has 160 valence electrons. The number of hydrogen-bond acceptors (Lipinski definition) is 4. The maximum atomic E-state index is 13.6. The van der Waals surface area contributed by atoms with Crippen LogP contribution < -0.4 is 10.2 Å². The van der Waals surface area contributed by atoms with Crippen molar-refractivity contribution in [1.82, 2.24) is 10.3 Å². The average Bonchev–Trinajstić information content (AvgIpc) is 3.47. The third kappa shape index (κ3) is 5.32. The minimum atomic E-state index is -0.794. The van der Waals surface area contributed by atoms with E-state index in [0.29, 0.717) is 10.7 Å². The number of halogens is 1. The van der Waals surface area contributed by atoms with E-state index >= 15 is 0 Å². The fourth-order valence-electron chi connectivity index (χ4n) is 4.00. The molecule has 0 radical (unpaired) electrons. The van der Waals surface area contributed by atoms with E-state index in [1.165, 1.54) is 11.3 Å². The van der Waals surface area contributed by atoms with E-state index in [1.807, 2.05) is 17.5 Å². The molecule has 1 unspecified atom stereocenters. The highest BCUT2D eigenvalue weighted by Crippen LogP contribution is 2.31. The van der Waals surface area contributed by atoms with Gasteiger partial charge in [0.25, 0.3) is 0 Å². The zero-order chi connectivity index (χ0) is 21.6. The molecule has 1 N–H and O–H groups in total. The molecule has 2 aromatic heterocycles. The molecule has 1 saturated carbocycles. The number of pyridine rings is 1. The second-order valence-corrected chi connectivity index (χ2v) is 9.14. The van der Waals surface area contributed by atoms with Gasteiger partial charge in [-0.1, -0.05) is 30.5 Å². The van der Waals surface area contributed by atoms with E-state index in [9.17, 15) is 9.59 Å². The number of nitrogens with one attached hydrogen (secondary N) is 1. The number of anilines is 1. The third-order valence-electron chi connectivity index (χ3n) is 5.51. The topological polar surface area (TPSA) is 62.3 Å². The lowest BCUT2D eigenvalue weighted by atomic mass is 10.0. The van der Waals surface area contributed by atoms with Crippen LogP contribution in [-0.2, 0) is 16.0 Å². The zero-order valence-corrected chi connectivity index (χ0v) is 18.6. The minimum absolute atomic E-state index is 0.145. The SMILES string of the molecule is O=C(NC1CCCC1)C(c1ccncc1)N(C(=O)Cc1cccs1)c1ccc(Cl)cc1. The summed E-state index contributed by atoms with van der Waals surface area (Å²) in [5.41, 5.74) is 1.36. The molecule has 0 saturated heterocycles. The molecule has 7 heteroatoms. The van der Waals surface area contributed by atoms with Crippen LogP contribution in [0.4, 0.5) is 5.69 Å². The van der Waals surface area contributed by atoms with Crippen LogP contribution in [0.25, 0.3) is 0 Å². The van der Waals surface area contributed by atoms with Gasteiger partial charge in [-0.2, -0.15) is 0 Å². The first-order valence-corrected chi connectivity index (χ1v) is 11.7. The molecule has 5 nitrogen and oxygen atoms in total. The van der Waals surface area contributed by atoms with Crippen molar-refractivity contribution in [2.75, 3.05) is 4.90 Å². The Bertz CT molecular complexity index is 1000. The number of thiophene rings is 1. The predicted octanol–water partition coefficient (Wildman–Crippen LogP) is 5.17. The molecule has 0 aliphatic heterocycles. The van der Waals surface area contributed by atoms with Gasteiger partial charge in [0.1, 0.15) is 6.04 Å². The Hall–Kier alpha value is -2.70. The fourth-order valence-corrected chi connectivity index (χ4v) is 4.82. The fraction of sp³-hybridized carbons (Fsp3) is 0.292. The average molecular weight is 454 g/mol. The summed E-state index contributed by atoms with van der Waals surface area (Å²) >= 11 is 7.62. The summed E-state index contributed by atoms with van der Waals surface area (Å²) in [4.78, 5) is 33.7. The Labute approximate surface area is 191 Å². The molecule has 0 bridgehead atoms. The van der Waals surface area contributed by atoms with Crippen molar-refractivity contribution in [1.29, 1.82) is 0 Å². The van der Waals surface area contributed by atoms with E-state index < -0.39 is 6.04 Å². The van der Waals surface area contributed by atoms with Crippen LogP contribution in [0.1, 0.15) is 42.2 Å². The normalized spacial score (nSPS) is 14.9. The van der Waals surface area contributed by atoms with Gasteiger partial charge < -0.3 is 5.32 Å². The number of hydrogen-bond donors (Lipinski definition) is 1. The Morgan fingerprint density at radius 1 is 1.10 bits per heavy atom. The molecule has 31 heavy (non-hydrogen) atoms. The molecule has 3 aromatic rings. The smallest absolute Gasteiger partial charge is 0.248 e. The van der Waals surface area contributed by atoms with Crippen LogP contribution in [0.2, 0.25) is 5.02 Å². The summed E-state index contributed by atoms with van der Waals surface area (Å²) < 4.78 is 0. The van der Waals surface area contributed by atoms with E-state index in [-0.39, 0.29) is 24.3 Å². The Balaban J connectivity index is 1.73. The van der Waals surface area contributed by atoms with Gasteiger partial charge in [0.05, 0.1) is 6.42 Å². The molecule has 1 fully saturated rings. The number of carbonyl (C=O) groups is 2. The highest BCUT2D eigenvalue weighted by Gasteiger charge is 2.34. The minimum Gasteiger partial charge on any atom is -0.351 e. The molecular formula is C24H24ClN3O2S. The van der Waals surface area contributed by atoms with Gasteiger partial charge in [0.2, 0.25) is 11.8 Å². The predicted molar refractivity (Wildman–Crippen MR) is 124 cm³/mol. The first-order chi connectivity index (χ1) is 15.1. The molecule has 2 heterocycles. The van der Waals surface area contributed by atoms with Crippen LogP contribution in [-0.4, -0.2) is 22.8 Å². The second-order valence-electron chi connectivity index (χ2n) is 7.67. The van der Waals surface area contributed by atoms with Crippen LogP contribution in [0.3, 0.4) is 0 Å². The summed E-state index contributed by atoms with van der Waals surface area (Å²) in [5.74, 6) is -0.319. The van der Waals surface area contributed by atoms with Crippen molar-refractivity contribution in [3.05, 3.63) is 81.8 Å². The van der Waals surface area contributed by atoms with Gasteiger partial charge >= 0.3 is 0 Å². The van der Waals surface area contributed by atoms with Gasteiger partial charge in [0.15, 0.2) is 0 Å². The lowest BCUT2D eigenvalue weighted by molar-refractivity contribution is -0.127. The molecular weight excluding hydrogens is 430 g/mol. The van der Waals surface area contributed by atoms with Gasteiger partial charge in [-0.05, 0) is 66.2 Å². The second kappa shape index (κ2) is 10.1. The van der Waals surface area contributed by atoms with Crippen LogP contribution in [0, 0.1) is 0 Å². The highest BCUT2D eigenvalue weighted by atomic mass is 35.5. The summed E-state index contributed by atoms with van der Waals surface area (Å²) in [6, 6.07) is 13.8. The third-order valence-corrected chi connectivity index (χ3v) is 6.64. The van der Waals surface area contributed by atoms with Gasteiger partial charge in [0, 0.05) is 34.0 Å². The van der Waals surface area contributed by atoms with Crippen LogP contribution in [0.5, 0.6) is 0 Å². The molecule has 1 aliphatic rings. The van der Waals surface area contributed by atoms with Crippen LogP contribution in [0.15, 0.2) is 66.3 Å². The van der Waals surface area contributed by atoms with Crippen molar-refractivity contribution in [3.63, 3.8) is 0 Å². The largest absolute Gasteiger partial charge is 0.351 e. The lowest BCUT2D eigenvalue weighted by Gasteiger charge is -2.32. The number of benzene rings is 1. The molecule has 2 amide bonds. The summed E-state index contributed by atoms with van der Waals surface area (Å²) in [6.45, 7) is 0. The first-order valence-electron chi connectivity index (χ1n) is 10.4. The Morgan fingerprint density at radius 2 is 1.81 bits per heavy atom. The number of aromatic nitrogens is 1. The quantitative estimate of drug-likeness (QED) is 0.536. The first kappa shape index (κ1) is 21.5. The highest BCUT2D eigenvalue weighted by molar-refractivity contribution is 7.10. The van der Waals surface area contributed by atoms with E-state index in [1.54, 1.807) is 53.7 Å². The van der Waals surface area contributed by atoms with Crippen molar-refractivity contribution in [2.24, 2.45) is 0 Å². The van der Waals surface area contributed by atoms with Crippen molar-refractivity contribution in [2.45, 2.75) is 44.2 Å². The Morgan fingerprint density at radius 3 is 2.45 bits per heavy atom. The van der Waals surface area contributed by atoms with E-state index in [2.05, 4.69) is 10.3 Å². The van der Waals surface area contributed by atoms with Gasteiger partial charge in [-0.3, -0.25) is 19.5 Å². The molecule has 1 aromatic carbocycles. The summed E-state index contributed by atoms with van der Waals surface area (Å²) in [6.07, 6.45) is 7.69. The molecule has 1 atom stereocenters. The zero-order valence-electron chi connectivity index (χ0n) is 17.0. The number of nitrogens with zero attached hydrogens (tertiary/aromatic N) is 2. The van der Waals surface area contributed by atoms with Crippen molar-refractivity contribution < 1.29 is 9.59 Å². The van der Waals surface area contributed by atoms with Crippen molar-refractivity contribution >= 4 is 40.4 Å². The maximum absolute atomic E-state index is 13.6. The Kier molecular flexibility index (Phi) is 6.99. The molecule has 4 rings (SSSR count). The number of amides is 2. The van der Waals surface area contributed by atoms with Crippen molar-refractivity contribution in [3.8, 4) is 0 Å². The van der Waals surface area contributed by atoms with Crippen LogP contribution >= 0.6 is 22.9 Å². The van der Waals surface area contributed by atoms with Gasteiger partial charge in [-0.15, -0.1) is 11.3 Å². The van der Waals surface area contributed by atoms with Gasteiger partial charge in [-0.25, -0.2) is 0 Å². The monoisotopic (exact) mass is 453 g/mol. The standard InChI is InChI=1S/C24H24ClN3O2S/c25-18-7-9-20(10-8-18)28(22(29)16-21-6-3-15-31-21)23(17-11-13-26-14-12-17)24(30)27-19-4-1-2-5-19/h3,6-15,19,23H,1-2,4-5,16H2,(H,27,30).